The molecule has 0 radical (unpaired) electrons. The van der Waals surface area contributed by atoms with Crippen LogP contribution in [0.5, 0.6) is 0 Å². The summed E-state index contributed by atoms with van der Waals surface area (Å²) in [7, 11) is -0.533. The molecule has 4 aliphatic rings. The maximum atomic E-state index is 3.77. The Morgan fingerprint density at radius 3 is 1.81 bits per heavy atom. The van der Waals surface area contributed by atoms with Gasteiger partial charge in [0.25, 0.3) is 0 Å². The third-order valence-corrected chi connectivity index (χ3v) is 11.4. The molecule has 0 N–H and O–H groups in total. The second-order valence-corrected chi connectivity index (χ2v) is 13.7. The fraction of sp³-hybridized carbons (Fsp3) is 0.0556. The Kier molecular flexibility index (Phi) is 10.9. The van der Waals surface area contributed by atoms with Crippen molar-refractivity contribution in [2.75, 3.05) is 0 Å². The van der Waals surface area contributed by atoms with E-state index in [-0.39, 0.29) is 47.4 Å². The molecule has 5 aromatic carbocycles. The van der Waals surface area contributed by atoms with Crippen LogP contribution in [0.1, 0.15) is 45.2 Å². The van der Waals surface area contributed by atoms with E-state index in [1.807, 2.05) is 6.07 Å². The average Bonchev–Trinajstić information content (AvgIpc) is 3.64. The Morgan fingerprint density at radius 1 is 0.524 bits per heavy atom. The van der Waals surface area contributed by atoms with Crippen molar-refractivity contribution in [3.05, 3.63) is 170 Å². The van der Waals surface area contributed by atoms with Gasteiger partial charge in [0, 0.05) is 8.95 Å². The van der Waals surface area contributed by atoms with Crippen LogP contribution in [0.2, 0.25) is 0 Å². The quantitative estimate of drug-likeness (QED) is 0.192. The third kappa shape index (κ3) is 5.91. The first-order chi connectivity index (χ1) is 19.2. The van der Waals surface area contributed by atoms with E-state index in [2.05, 4.69) is 165 Å². The van der Waals surface area contributed by atoms with Crippen LogP contribution in [0, 0.1) is 12.2 Å². The van der Waals surface area contributed by atoms with Crippen molar-refractivity contribution in [3.8, 4) is 0 Å². The van der Waals surface area contributed by atoms with E-state index < -0.39 is 7.92 Å². The van der Waals surface area contributed by atoms with E-state index in [1.54, 1.807) is 0 Å². The molecule has 5 aromatic rings. The molecule has 0 spiro atoms. The van der Waals surface area contributed by atoms with Gasteiger partial charge in [0.2, 0.25) is 0 Å². The van der Waals surface area contributed by atoms with E-state index in [0.29, 0.717) is 0 Å². The largest absolute Gasteiger partial charge is 4.00 e. The van der Waals surface area contributed by atoms with E-state index >= 15 is 0 Å². The number of hydrogen-bond acceptors (Lipinski definition) is 0. The number of benzene rings is 5. The molecule has 6 heteroatoms. The maximum absolute atomic E-state index is 3.77. The zero-order valence-corrected chi connectivity index (χ0v) is 28.8. The van der Waals surface area contributed by atoms with Gasteiger partial charge >= 0.3 is 26.2 Å². The van der Waals surface area contributed by atoms with Gasteiger partial charge in [0.15, 0.2) is 0 Å². The van der Waals surface area contributed by atoms with Gasteiger partial charge in [-0.05, 0) is 18.5 Å². The van der Waals surface area contributed by atoms with E-state index in [1.165, 1.54) is 58.2 Å². The minimum atomic E-state index is -0.533. The first-order valence-electron chi connectivity index (χ1n) is 13.0. The molecule has 0 saturated heterocycles. The van der Waals surface area contributed by atoms with Crippen molar-refractivity contribution in [3.63, 3.8) is 0 Å². The van der Waals surface area contributed by atoms with Crippen LogP contribution in [0.3, 0.4) is 0 Å². The molecular formula is C36H23Br2F2PZr. The molecule has 42 heavy (non-hydrogen) atoms. The number of fused-ring (bicyclic) bond motifs is 3. The van der Waals surface area contributed by atoms with Crippen molar-refractivity contribution in [2.24, 2.45) is 0 Å². The number of hydrogen-bond donors (Lipinski definition) is 0. The van der Waals surface area contributed by atoms with Gasteiger partial charge in [-0.25, -0.2) is 12.2 Å². The van der Waals surface area contributed by atoms with E-state index in [0.717, 1.165) is 0 Å². The van der Waals surface area contributed by atoms with E-state index in [9.17, 15) is 0 Å². The van der Waals surface area contributed by atoms with Crippen LogP contribution in [-0.4, -0.2) is 0 Å². The van der Waals surface area contributed by atoms with Gasteiger partial charge in [-0.3, -0.25) is 12.2 Å². The molecule has 3 unspecified atom stereocenters. The van der Waals surface area contributed by atoms with Crippen molar-refractivity contribution < 1.29 is 35.6 Å². The summed E-state index contributed by atoms with van der Waals surface area (Å²) in [6.45, 7) is 0. The second-order valence-electron chi connectivity index (χ2n) is 9.80. The smallest absolute Gasteiger partial charge is 1.00 e. The molecule has 2 aliphatic heterocycles. The summed E-state index contributed by atoms with van der Waals surface area (Å²) in [4.78, 5) is 0. The van der Waals surface area contributed by atoms with Gasteiger partial charge in [0.05, 0.1) is 0 Å². The Labute approximate surface area is 282 Å². The molecule has 2 heterocycles. The second kappa shape index (κ2) is 14.0. The van der Waals surface area contributed by atoms with Gasteiger partial charge < -0.3 is 9.41 Å². The summed E-state index contributed by atoms with van der Waals surface area (Å²) in [5.74, 6) is 0.519. The molecule has 3 atom stereocenters. The average molecular weight is 776 g/mol. The molecule has 9 rings (SSSR count). The molecule has 0 nitrogen and oxygen atoms in total. The number of allylic oxidation sites excluding steroid dienone is 2. The topological polar surface area (TPSA) is 0 Å². The zero-order chi connectivity index (χ0) is 26.3. The minimum absolute atomic E-state index is 0. The van der Waals surface area contributed by atoms with Gasteiger partial charge in [0.1, 0.15) is 0 Å². The SMILES string of the molecule is Brc1ccc2c3c1C([C-]=C3)c1ccc(cc1)P2c1ccccc1.Brc1cccc2c1C(c1ccccc1)[C-]=C2.[F-].[F-].[Zr+4]. The molecule has 204 valence electrons. The molecule has 2 aliphatic carbocycles. The van der Waals surface area contributed by atoms with Crippen LogP contribution in [-0.2, 0) is 26.2 Å². The Balaban J connectivity index is 0.000000190. The zero-order valence-electron chi connectivity index (χ0n) is 22.2. The Hall–Kier alpha value is -2.29. The Bertz CT molecular complexity index is 1740. The maximum Gasteiger partial charge on any atom is 4.00 e. The number of rotatable bonds is 2. The summed E-state index contributed by atoms with van der Waals surface area (Å²) < 4.78 is 2.36. The van der Waals surface area contributed by atoms with Gasteiger partial charge in [-0.1, -0.05) is 169 Å². The molecule has 6 bridgehead atoms. The summed E-state index contributed by atoms with van der Waals surface area (Å²) in [6.07, 6.45) is 11.3. The van der Waals surface area contributed by atoms with Crippen LogP contribution >= 0.6 is 39.8 Å². The van der Waals surface area contributed by atoms with Crippen LogP contribution in [0.4, 0.5) is 0 Å². The van der Waals surface area contributed by atoms with Crippen molar-refractivity contribution in [1.29, 1.82) is 0 Å². The van der Waals surface area contributed by atoms with Gasteiger partial charge in [-0.2, -0.15) is 11.1 Å². The molecule has 0 fully saturated rings. The monoisotopic (exact) mass is 772 g/mol. The fourth-order valence-electron chi connectivity index (χ4n) is 5.72. The normalized spacial score (nSPS) is 17.7. The fourth-order valence-corrected chi connectivity index (χ4v) is 9.33. The first kappa shape index (κ1) is 32.6. The predicted octanol–water partition coefficient (Wildman–Crippen LogP) is 2.90. The Morgan fingerprint density at radius 2 is 1.10 bits per heavy atom. The molecular weight excluding hydrogens is 752 g/mol. The predicted molar refractivity (Wildman–Crippen MR) is 173 cm³/mol. The van der Waals surface area contributed by atoms with Crippen LogP contribution in [0.15, 0.2) is 124 Å². The van der Waals surface area contributed by atoms with Crippen LogP contribution < -0.4 is 25.3 Å². The summed E-state index contributed by atoms with van der Waals surface area (Å²) in [5.41, 5.74) is 7.95. The molecule has 0 aromatic heterocycles. The van der Waals surface area contributed by atoms with Crippen molar-refractivity contribution >= 4 is 67.8 Å². The van der Waals surface area contributed by atoms with Gasteiger partial charge in [-0.15, -0.1) is 17.2 Å². The third-order valence-electron chi connectivity index (χ3n) is 7.55. The number of halogens is 4. The van der Waals surface area contributed by atoms with Crippen molar-refractivity contribution in [1.82, 2.24) is 0 Å². The summed E-state index contributed by atoms with van der Waals surface area (Å²) in [5, 5.41) is 4.26. The van der Waals surface area contributed by atoms with Crippen molar-refractivity contribution in [2.45, 2.75) is 11.8 Å². The molecule has 0 saturated carbocycles. The van der Waals surface area contributed by atoms with Crippen LogP contribution in [0.25, 0.3) is 12.2 Å². The summed E-state index contributed by atoms with van der Waals surface area (Å²) >= 11 is 7.39. The minimum Gasteiger partial charge on any atom is -1.00 e. The first-order valence-corrected chi connectivity index (χ1v) is 15.9. The standard InChI is InChI=1S/C21H13BrP.C15H10Br.2FH.Zr/c22-19-12-13-20-18-11-10-17(21(18)19)14-6-8-16(9-7-14)23(20)15-4-2-1-3-5-15;16-14-8-4-7-12-9-10-13(15(12)14)11-5-2-1-3-6-11;;;/h1-9,11-13,17H;1-9,13H;2*1H;/q2*-1;;;+4/p-2. The molecule has 0 amide bonds. The van der Waals surface area contributed by atoms with E-state index in [4.69, 9.17) is 0 Å². The summed E-state index contributed by atoms with van der Waals surface area (Å²) in [6, 6.07) is 41.3.